The molecule has 2 heteroatoms. The fourth-order valence-electron chi connectivity index (χ4n) is 2.15. The maximum absolute atomic E-state index is 5.42. The van der Waals surface area contributed by atoms with Crippen molar-refractivity contribution in [1.82, 2.24) is 10.2 Å². The van der Waals surface area contributed by atoms with Gasteiger partial charge in [-0.2, -0.15) is 0 Å². The maximum atomic E-state index is 5.42. The molecule has 1 N–H and O–H groups in total. The van der Waals surface area contributed by atoms with E-state index in [4.69, 9.17) is 6.42 Å². The highest BCUT2D eigenvalue weighted by atomic mass is 15.2. The van der Waals surface area contributed by atoms with Gasteiger partial charge >= 0.3 is 0 Å². The molecular weight excluding hydrogens is 184 g/mol. The van der Waals surface area contributed by atoms with Crippen molar-refractivity contribution in [3.8, 4) is 12.3 Å². The molecule has 0 bridgehead atoms. The molecule has 0 aromatic rings. The third kappa shape index (κ3) is 3.22. The van der Waals surface area contributed by atoms with Gasteiger partial charge in [0, 0.05) is 25.2 Å². The van der Waals surface area contributed by atoms with Crippen molar-refractivity contribution >= 4 is 0 Å². The molecule has 0 amide bonds. The second-order valence-corrected chi connectivity index (χ2v) is 5.52. The van der Waals surface area contributed by atoms with Crippen LogP contribution in [0, 0.1) is 17.8 Å². The molecule has 1 heterocycles. The molecule has 1 aliphatic heterocycles. The quantitative estimate of drug-likeness (QED) is 0.695. The van der Waals surface area contributed by atoms with Gasteiger partial charge in [-0.15, -0.1) is 6.42 Å². The van der Waals surface area contributed by atoms with E-state index in [1.165, 1.54) is 6.42 Å². The summed E-state index contributed by atoms with van der Waals surface area (Å²) in [6.45, 7) is 12.0. The smallest absolute Gasteiger partial charge is 0.0602 e. The summed E-state index contributed by atoms with van der Waals surface area (Å²) < 4.78 is 0. The minimum atomic E-state index is 0.311. The Morgan fingerprint density at radius 3 is 2.60 bits per heavy atom. The Balaban J connectivity index is 2.62. The lowest BCUT2D eigenvalue weighted by atomic mass is 9.84. The molecule has 2 atom stereocenters. The summed E-state index contributed by atoms with van der Waals surface area (Å²) in [6, 6.07) is 1.16. The van der Waals surface area contributed by atoms with Gasteiger partial charge in [0.1, 0.15) is 0 Å². The molecule has 2 unspecified atom stereocenters. The molecule has 1 fully saturated rings. The first kappa shape index (κ1) is 12.5. The highest BCUT2D eigenvalue weighted by Gasteiger charge is 2.32. The van der Waals surface area contributed by atoms with Crippen LogP contribution in [0.15, 0.2) is 0 Å². The fraction of sp³-hybridized carbons (Fsp3) is 0.846. The van der Waals surface area contributed by atoms with Gasteiger partial charge in [0.05, 0.1) is 6.54 Å². The highest BCUT2D eigenvalue weighted by Crippen LogP contribution is 2.23. The van der Waals surface area contributed by atoms with E-state index in [1.807, 2.05) is 0 Å². The van der Waals surface area contributed by atoms with Crippen molar-refractivity contribution < 1.29 is 0 Å². The van der Waals surface area contributed by atoms with E-state index < -0.39 is 0 Å². The summed E-state index contributed by atoms with van der Waals surface area (Å²) in [6.07, 6.45) is 6.59. The van der Waals surface area contributed by atoms with E-state index >= 15 is 0 Å². The van der Waals surface area contributed by atoms with E-state index in [0.717, 1.165) is 19.6 Å². The van der Waals surface area contributed by atoms with Crippen LogP contribution in [0.5, 0.6) is 0 Å². The molecular formula is C13H24N2. The maximum Gasteiger partial charge on any atom is 0.0602 e. The topological polar surface area (TPSA) is 15.3 Å². The lowest BCUT2D eigenvalue weighted by Crippen LogP contribution is -2.60. The average Bonchev–Trinajstić information content (AvgIpc) is 2.17. The SMILES string of the molecule is C#CCN1CC(C(C)(C)C)NCC1CC. The molecule has 0 saturated carbocycles. The van der Waals surface area contributed by atoms with Crippen LogP contribution >= 0.6 is 0 Å². The average molecular weight is 208 g/mol. The van der Waals surface area contributed by atoms with Crippen LogP contribution in [0.25, 0.3) is 0 Å². The Labute approximate surface area is 94.4 Å². The zero-order valence-electron chi connectivity index (χ0n) is 10.5. The Bertz CT molecular complexity index is 234. The van der Waals surface area contributed by atoms with E-state index in [9.17, 15) is 0 Å². The normalized spacial score (nSPS) is 28.7. The summed E-state index contributed by atoms with van der Waals surface area (Å²) in [5.74, 6) is 2.77. The molecule has 15 heavy (non-hydrogen) atoms. The number of nitrogens with zero attached hydrogens (tertiary/aromatic N) is 1. The summed E-state index contributed by atoms with van der Waals surface area (Å²) in [4.78, 5) is 2.44. The zero-order chi connectivity index (χ0) is 11.5. The highest BCUT2D eigenvalue weighted by molar-refractivity contribution is 4.97. The zero-order valence-corrected chi connectivity index (χ0v) is 10.5. The Hall–Kier alpha value is -0.520. The van der Waals surface area contributed by atoms with Gasteiger partial charge in [-0.1, -0.05) is 33.6 Å². The number of terminal acetylenes is 1. The number of hydrogen-bond donors (Lipinski definition) is 1. The first-order valence-corrected chi connectivity index (χ1v) is 5.90. The van der Waals surface area contributed by atoms with Crippen molar-refractivity contribution in [3.63, 3.8) is 0 Å². The van der Waals surface area contributed by atoms with Gasteiger partial charge in [-0.25, -0.2) is 0 Å². The Morgan fingerprint density at radius 2 is 2.13 bits per heavy atom. The molecule has 2 nitrogen and oxygen atoms in total. The molecule has 1 aliphatic rings. The van der Waals surface area contributed by atoms with Crippen LogP contribution in [0.3, 0.4) is 0 Å². The summed E-state index contributed by atoms with van der Waals surface area (Å²) in [5, 5.41) is 3.64. The minimum Gasteiger partial charge on any atom is -0.311 e. The molecule has 0 radical (unpaired) electrons. The molecule has 0 aliphatic carbocycles. The summed E-state index contributed by atoms with van der Waals surface area (Å²) in [5.41, 5.74) is 0.311. The second kappa shape index (κ2) is 5.01. The van der Waals surface area contributed by atoms with Crippen LogP contribution in [-0.4, -0.2) is 36.6 Å². The first-order valence-electron chi connectivity index (χ1n) is 5.90. The number of nitrogens with one attached hydrogen (secondary N) is 1. The number of piperazine rings is 1. The van der Waals surface area contributed by atoms with E-state index in [2.05, 4.69) is 43.8 Å². The molecule has 0 aromatic heterocycles. The van der Waals surface area contributed by atoms with Gasteiger partial charge in [-0.3, -0.25) is 4.90 Å². The molecule has 1 rings (SSSR count). The lowest BCUT2D eigenvalue weighted by molar-refractivity contribution is 0.0955. The van der Waals surface area contributed by atoms with Crippen LogP contribution < -0.4 is 5.32 Å². The largest absolute Gasteiger partial charge is 0.311 e. The number of hydrogen-bond acceptors (Lipinski definition) is 2. The fourth-order valence-corrected chi connectivity index (χ4v) is 2.15. The monoisotopic (exact) mass is 208 g/mol. The Morgan fingerprint density at radius 1 is 1.47 bits per heavy atom. The van der Waals surface area contributed by atoms with Crippen LogP contribution in [0.2, 0.25) is 0 Å². The van der Waals surface area contributed by atoms with Crippen molar-refractivity contribution in [2.75, 3.05) is 19.6 Å². The van der Waals surface area contributed by atoms with Gasteiger partial charge in [-0.05, 0) is 11.8 Å². The van der Waals surface area contributed by atoms with E-state index in [1.54, 1.807) is 0 Å². The van der Waals surface area contributed by atoms with E-state index in [0.29, 0.717) is 17.5 Å². The second-order valence-electron chi connectivity index (χ2n) is 5.52. The van der Waals surface area contributed by atoms with Crippen LogP contribution in [0.4, 0.5) is 0 Å². The third-order valence-corrected chi connectivity index (χ3v) is 3.34. The van der Waals surface area contributed by atoms with Crippen LogP contribution in [0.1, 0.15) is 34.1 Å². The van der Waals surface area contributed by atoms with Crippen molar-refractivity contribution in [1.29, 1.82) is 0 Å². The van der Waals surface area contributed by atoms with Crippen molar-refractivity contribution in [2.24, 2.45) is 5.41 Å². The third-order valence-electron chi connectivity index (χ3n) is 3.34. The van der Waals surface area contributed by atoms with Gasteiger partial charge in [0.2, 0.25) is 0 Å². The standard InChI is InChI=1S/C13H24N2/c1-6-8-15-10-12(13(3,4)5)14-9-11(15)7-2/h1,11-12,14H,7-10H2,2-5H3. The molecule has 0 spiro atoms. The van der Waals surface area contributed by atoms with Crippen molar-refractivity contribution in [3.05, 3.63) is 0 Å². The Kier molecular flexibility index (Phi) is 4.19. The molecule has 1 saturated heterocycles. The predicted molar refractivity (Wildman–Crippen MR) is 65.7 cm³/mol. The lowest BCUT2D eigenvalue weighted by Gasteiger charge is -2.44. The minimum absolute atomic E-state index is 0.311. The number of rotatable bonds is 2. The first-order chi connectivity index (χ1) is 6.99. The van der Waals surface area contributed by atoms with E-state index in [-0.39, 0.29) is 0 Å². The summed E-state index contributed by atoms with van der Waals surface area (Å²) in [7, 11) is 0. The summed E-state index contributed by atoms with van der Waals surface area (Å²) >= 11 is 0. The van der Waals surface area contributed by atoms with Gasteiger partial charge in [0.25, 0.3) is 0 Å². The molecule has 0 aromatic carbocycles. The predicted octanol–water partition coefficient (Wildman–Crippen LogP) is 1.72. The van der Waals surface area contributed by atoms with Gasteiger partial charge < -0.3 is 5.32 Å². The van der Waals surface area contributed by atoms with Crippen molar-refractivity contribution in [2.45, 2.75) is 46.2 Å². The van der Waals surface area contributed by atoms with Crippen LogP contribution in [-0.2, 0) is 0 Å². The molecule has 86 valence electrons. The van der Waals surface area contributed by atoms with Gasteiger partial charge in [0.15, 0.2) is 0 Å².